The van der Waals surface area contributed by atoms with E-state index in [0.29, 0.717) is 0 Å². The molecule has 2 heterocycles. The Labute approximate surface area is 110 Å². The summed E-state index contributed by atoms with van der Waals surface area (Å²) in [7, 11) is 0. The zero-order chi connectivity index (χ0) is 12.4. The maximum Gasteiger partial charge on any atom is 0.265 e. The first-order valence-electron chi connectivity index (χ1n) is 6.01. The summed E-state index contributed by atoms with van der Waals surface area (Å²) in [6, 6.07) is 9.84. The molecule has 1 amide bonds. The fourth-order valence-corrected chi connectivity index (χ4v) is 2.84. The van der Waals surface area contributed by atoms with Crippen LogP contribution in [0.5, 0.6) is 0 Å². The fraction of sp³-hybridized carbons (Fsp3) is 0.214. The summed E-state index contributed by atoms with van der Waals surface area (Å²) >= 11 is 1.46. The average molecular weight is 258 g/mol. The molecule has 0 saturated heterocycles. The van der Waals surface area contributed by atoms with E-state index in [1.807, 2.05) is 29.6 Å². The van der Waals surface area contributed by atoms with Gasteiger partial charge in [-0.2, -0.15) is 0 Å². The molecule has 1 aliphatic heterocycles. The zero-order valence-corrected chi connectivity index (χ0v) is 10.7. The van der Waals surface area contributed by atoms with Gasteiger partial charge in [0.2, 0.25) is 0 Å². The lowest BCUT2D eigenvalue weighted by atomic mass is 9.99. The molecule has 2 N–H and O–H groups in total. The summed E-state index contributed by atoms with van der Waals surface area (Å²) in [6.45, 7) is 1.84. The van der Waals surface area contributed by atoms with Crippen LogP contribution in [0.15, 0.2) is 35.7 Å². The number of hydrogen-bond donors (Lipinski definition) is 2. The predicted octanol–water partition coefficient (Wildman–Crippen LogP) is 2.65. The third-order valence-corrected chi connectivity index (χ3v) is 4.01. The lowest BCUT2D eigenvalue weighted by Crippen LogP contribution is -2.25. The molecule has 1 aromatic carbocycles. The second kappa shape index (κ2) is 4.92. The van der Waals surface area contributed by atoms with Crippen molar-refractivity contribution in [2.75, 3.05) is 11.9 Å². The second-order valence-electron chi connectivity index (χ2n) is 4.30. The molecule has 0 unspecified atom stereocenters. The van der Waals surface area contributed by atoms with Crippen LogP contribution in [0.25, 0.3) is 0 Å². The van der Waals surface area contributed by atoms with E-state index in [1.54, 1.807) is 0 Å². The van der Waals surface area contributed by atoms with Crippen molar-refractivity contribution in [1.82, 2.24) is 5.32 Å². The van der Waals surface area contributed by atoms with Crippen LogP contribution in [-0.4, -0.2) is 12.5 Å². The van der Waals surface area contributed by atoms with Crippen molar-refractivity contribution < 1.29 is 4.79 Å². The van der Waals surface area contributed by atoms with Gasteiger partial charge >= 0.3 is 0 Å². The van der Waals surface area contributed by atoms with E-state index in [1.165, 1.54) is 22.5 Å². The van der Waals surface area contributed by atoms with Crippen LogP contribution in [0, 0.1) is 0 Å². The van der Waals surface area contributed by atoms with Crippen LogP contribution in [-0.2, 0) is 13.0 Å². The molecule has 2 aromatic rings. The van der Waals surface area contributed by atoms with Gasteiger partial charge in [-0.25, -0.2) is 0 Å². The summed E-state index contributed by atoms with van der Waals surface area (Å²) in [5, 5.41) is 8.26. The van der Waals surface area contributed by atoms with Gasteiger partial charge in [-0.1, -0.05) is 18.2 Å². The molecule has 0 fully saturated rings. The van der Waals surface area contributed by atoms with Crippen LogP contribution in [0.4, 0.5) is 5.69 Å². The smallest absolute Gasteiger partial charge is 0.265 e. The molecule has 0 radical (unpaired) electrons. The first-order chi connectivity index (χ1) is 8.84. The number of hydrogen-bond acceptors (Lipinski definition) is 3. The minimum Gasteiger partial charge on any atom is -0.321 e. The molecular formula is C14H14N2OS. The van der Waals surface area contributed by atoms with Gasteiger partial charge in [-0.05, 0) is 41.6 Å². The van der Waals surface area contributed by atoms with Crippen molar-refractivity contribution in [2.24, 2.45) is 0 Å². The lowest BCUT2D eigenvalue weighted by molar-refractivity contribution is 0.103. The molecule has 0 aliphatic carbocycles. The molecule has 0 spiro atoms. The van der Waals surface area contributed by atoms with Gasteiger partial charge in [0.25, 0.3) is 5.91 Å². The maximum atomic E-state index is 12.0. The minimum absolute atomic E-state index is 0.0241. The molecule has 0 bridgehead atoms. The van der Waals surface area contributed by atoms with E-state index in [-0.39, 0.29) is 5.91 Å². The highest BCUT2D eigenvalue weighted by Crippen LogP contribution is 2.23. The maximum absolute atomic E-state index is 12.0. The van der Waals surface area contributed by atoms with Crippen molar-refractivity contribution in [3.63, 3.8) is 0 Å². The van der Waals surface area contributed by atoms with E-state index in [9.17, 15) is 4.79 Å². The highest BCUT2D eigenvalue weighted by Gasteiger charge is 2.14. The normalized spacial score (nSPS) is 14.0. The Morgan fingerprint density at radius 2 is 2.22 bits per heavy atom. The van der Waals surface area contributed by atoms with Gasteiger partial charge < -0.3 is 10.6 Å². The average Bonchev–Trinajstić information content (AvgIpc) is 2.93. The fourth-order valence-electron chi connectivity index (χ4n) is 2.22. The summed E-state index contributed by atoms with van der Waals surface area (Å²) in [6.07, 6.45) is 1.03. The number of amides is 1. The van der Waals surface area contributed by atoms with Gasteiger partial charge in [0.15, 0.2) is 0 Å². The standard InChI is InChI=1S/C14H14N2OS/c17-14(13-5-2-8-18-13)16-12-4-1-3-10-6-7-15-9-11(10)12/h1-5,8,15H,6-7,9H2,(H,16,17). The Morgan fingerprint density at radius 1 is 1.28 bits per heavy atom. The zero-order valence-electron chi connectivity index (χ0n) is 9.90. The van der Waals surface area contributed by atoms with E-state index in [2.05, 4.69) is 16.7 Å². The minimum atomic E-state index is -0.0241. The summed E-state index contributed by atoms with van der Waals surface area (Å²) in [5.41, 5.74) is 3.48. The largest absolute Gasteiger partial charge is 0.321 e. The van der Waals surface area contributed by atoms with Crippen LogP contribution < -0.4 is 10.6 Å². The van der Waals surface area contributed by atoms with Gasteiger partial charge in [-0.3, -0.25) is 4.79 Å². The molecular weight excluding hydrogens is 244 g/mol. The number of carbonyl (C=O) groups excluding carboxylic acids is 1. The van der Waals surface area contributed by atoms with Crippen molar-refractivity contribution in [3.8, 4) is 0 Å². The van der Waals surface area contributed by atoms with Crippen molar-refractivity contribution in [2.45, 2.75) is 13.0 Å². The molecule has 1 aromatic heterocycles. The predicted molar refractivity (Wildman–Crippen MR) is 74.1 cm³/mol. The third-order valence-electron chi connectivity index (χ3n) is 3.14. The Kier molecular flexibility index (Phi) is 3.13. The van der Waals surface area contributed by atoms with E-state index >= 15 is 0 Å². The van der Waals surface area contributed by atoms with Crippen LogP contribution in [0.1, 0.15) is 20.8 Å². The number of nitrogens with one attached hydrogen (secondary N) is 2. The number of thiophene rings is 1. The third kappa shape index (κ3) is 2.17. The number of carbonyl (C=O) groups is 1. The van der Waals surface area contributed by atoms with Crippen LogP contribution >= 0.6 is 11.3 Å². The summed E-state index contributed by atoms with van der Waals surface area (Å²) in [5.74, 6) is -0.0241. The van der Waals surface area contributed by atoms with Crippen molar-refractivity contribution in [3.05, 3.63) is 51.7 Å². The van der Waals surface area contributed by atoms with E-state index in [4.69, 9.17) is 0 Å². The molecule has 92 valence electrons. The van der Waals surface area contributed by atoms with E-state index in [0.717, 1.165) is 30.1 Å². The first-order valence-corrected chi connectivity index (χ1v) is 6.89. The van der Waals surface area contributed by atoms with Gasteiger partial charge in [-0.15, -0.1) is 11.3 Å². The topological polar surface area (TPSA) is 41.1 Å². The molecule has 1 aliphatic rings. The first kappa shape index (κ1) is 11.4. The Hall–Kier alpha value is -1.65. The van der Waals surface area contributed by atoms with Gasteiger partial charge in [0.1, 0.15) is 0 Å². The molecule has 0 saturated carbocycles. The Morgan fingerprint density at radius 3 is 3.06 bits per heavy atom. The summed E-state index contributed by atoms with van der Waals surface area (Å²) < 4.78 is 0. The van der Waals surface area contributed by atoms with Gasteiger partial charge in [0.05, 0.1) is 4.88 Å². The monoisotopic (exact) mass is 258 g/mol. The number of benzene rings is 1. The lowest BCUT2D eigenvalue weighted by Gasteiger charge is -2.20. The molecule has 4 heteroatoms. The van der Waals surface area contributed by atoms with Crippen molar-refractivity contribution >= 4 is 22.9 Å². The highest BCUT2D eigenvalue weighted by molar-refractivity contribution is 7.12. The SMILES string of the molecule is O=C(Nc1cccc2c1CNCC2)c1cccs1. The van der Waals surface area contributed by atoms with Crippen LogP contribution in [0.2, 0.25) is 0 Å². The molecule has 0 atom stereocenters. The number of fused-ring (bicyclic) bond motifs is 1. The van der Waals surface area contributed by atoms with Gasteiger partial charge in [0, 0.05) is 12.2 Å². The molecule has 18 heavy (non-hydrogen) atoms. The highest BCUT2D eigenvalue weighted by atomic mass is 32.1. The molecule has 3 nitrogen and oxygen atoms in total. The quantitative estimate of drug-likeness (QED) is 0.869. The molecule has 3 rings (SSSR count). The number of anilines is 1. The van der Waals surface area contributed by atoms with Crippen LogP contribution in [0.3, 0.4) is 0 Å². The number of rotatable bonds is 2. The van der Waals surface area contributed by atoms with Crippen molar-refractivity contribution in [1.29, 1.82) is 0 Å². The Bertz CT molecular complexity index is 563. The Balaban J connectivity index is 1.87. The van der Waals surface area contributed by atoms with E-state index < -0.39 is 0 Å². The summed E-state index contributed by atoms with van der Waals surface area (Å²) in [4.78, 5) is 12.8. The second-order valence-corrected chi connectivity index (χ2v) is 5.25.